The first-order chi connectivity index (χ1) is 13.4. The van der Waals surface area contributed by atoms with E-state index < -0.39 is 28.7 Å². The molecule has 0 atom stereocenters. The lowest BCUT2D eigenvalue weighted by molar-refractivity contribution is -0.136. The Bertz CT molecular complexity index is 1150. The minimum absolute atomic E-state index is 0.0350. The van der Waals surface area contributed by atoms with Crippen LogP contribution in [0, 0.1) is 5.82 Å². The van der Waals surface area contributed by atoms with Crippen molar-refractivity contribution in [3.8, 4) is 0 Å². The summed E-state index contributed by atoms with van der Waals surface area (Å²) >= 11 is 0. The number of fused-ring (bicyclic) bond motifs is 1. The molecule has 142 valence electrons. The van der Waals surface area contributed by atoms with Gasteiger partial charge in [-0.25, -0.2) is 14.0 Å². The molecule has 0 aliphatic carbocycles. The Kier molecular flexibility index (Phi) is 5.30. The van der Waals surface area contributed by atoms with Crippen molar-refractivity contribution < 1.29 is 23.8 Å². The number of rotatable bonds is 5. The van der Waals surface area contributed by atoms with Gasteiger partial charge in [-0.1, -0.05) is 0 Å². The second kappa shape index (κ2) is 7.83. The molecule has 0 amide bonds. The summed E-state index contributed by atoms with van der Waals surface area (Å²) in [5.74, 6) is -2.92. The zero-order chi connectivity index (χ0) is 20.3. The number of hydrogen-bond acceptors (Lipinski definition) is 5. The summed E-state index contributed by atoms with van der Waals surface area (Å²) < 4.78 is 20.0. The fourth-order valence-corrected chi connectivity index (χ4v) is 2.70. The molecule has 3 rings (SSSR count). The van der Waals surface area contributed by atoms with Crippen molar-refractivity contribution >= 4 is 34.6 Å². The number of pyridine rings is 2. The van der Waals surface area contributed by atoms with Crippen LogP contribution in [0.2, 0.25) is 0 Å². The summed E-state index contributed by atoms with van der Waals surface area (Å²) in [6, 6.07) is 6.64. The summed E-state index contributed by atoms with van der Waals surface area (Å²) in [4.78, 5) is 40.5. The highest BCUT2D eigenvalue weighted by Gasteiger charge is 2.20. The van der Waals surface area contributed by atoms with E-state index in [9.17, 15) is 23.9 Å². The van der Waals surface area contributed by atoms with Gasteiger partial charge in [0.2, 0.25) is 5.43 Å². The zero-order valence-corrected chi connectivity index (χ0v) is 14.8. The Morgan fingerprint density at radius 3 is 2.61 bits per heavy atom. The Morgan fingerprint density at radius 2 is 1.96 bits per heavy atom. The predicted octanol–water partition coefficient (Wildman–Crippen LogP) is 2.80. The number of esters is 1. The topological polar surface area (TPSA) is 98.5 Å². The van der Waals surface area contributed by atoms with Gasteiger partial charge in [-0.3, -0.25) is 9.78 Å². The number of aromatic carboxylic acids is 1. The lowest BCUT2D eigenvalue weighted by Gasteiger charge is -2.15. The van der Waals surface area contributed by atoms with Gasteiger partial charge in [0.1, 0.15) is 17.1 Å². The fraction of sp³-hybridized carbons (Fsp3) is 0.100. The van der Waals surface area contributed by atoms with Gasteiger partial charge in [-0.2, -0.15) is 0 Å². The maximum atomic E-state index is 13.7. The van der Waals surface area contributed by atoms with Gasteiger partial charge in [0.05, 0.1) is 12.1 Å². The smallest absolute Gasteiger partial charge is 0.355 e. The van der Waals surface area contributed by atoms with Gasteiger partial charge in [-0.05, 0) is 48.9 Å². The SMILES string of the molecule is CCOC(=O)/C(=C\c1ccncc1)n1cc(C(=O)O)c(=O)c2cc(F)ccc21. The molecule has 0 aliphatic heterocycles. The van der Waals surface area contributed by atoms with Crippen molar-refractivity contribution in [2.45, 2.75) is 6.92 Å². The fourth-order valence-electron chi connectivity index (χ4n) is 2.70. The van der Waals surface area contributed by atoms with E-state index in [4.69, 9.17) is 4.74 Å². The molecule has 0 saturated carbocycles. The van der Waals surface area contributed by atoms with E-state index in [1.165, 1.54) is 29.1 Å². The number of carbonyl (C=O) groups is 2. The predicted molar refractivity (Wildman–Crippen MR) is 100 cm³/mol. The van der Waals surface area contributed by atoms with Crippen LogP contribution in [-0.2, 0) is 9.53 Å². The molecule has 8 heteroatoms. The maximum Gasteiger partial charge on any atom is 0.355 e. The molecule has 1 N–H and O–H groups in total. The van der Waals surface area contributed by atoms with Crippen LogP contribution < -0.4 is 5.43 Å². The third kappa shape index (κ3) is 3.66. The van der Waals surface area contributed by atoms with Crippen LogP contribution in [0.5, 0.6) is 0 Å². The van der Waals surface area contributed by atoms with E-state index in [0.717, 1.165) is 18.3 Å². The summed E-state index contributed by atoms with van der Waals surface area (Å²) in [5, 5.41) is 9.22. The largest absolute Gasteiger partial charge is 0.477 e. The Hall–Kier alpha value is -3.81. The monoisotopic (exact) mass is 382 g/mol. The van der Waals surface area contributed by atoms with E-state index in [1.54, 1.807) is 19.1 Å². The molecule has 0 spiro atoms. The number of nitrogens with zero attached hydrogens (tertiary/aromatic N) is 2. The number of hydrogen-bond donors (Lipinski definition) is 1. The van der Waals surface area contributed by atoms with Crippen molar-refractivity contribution in [1.29, 1.82) is 0 Å². The Labute approximate surface area is 158 Å². The molecule has 2 heterocycles. The van der Waals surface area contributed by atoms with Crippen molar-refractivity contribution in [2.75, 3.05) is 6.61 Å². The summed E-state index contributed by atoms with van der Waals surface area (Å²) in [5.41, 5.74) is -0.700. The lowest BCUT2D eigenvalue weighted by Crippen LogP contribution is -2.21. The van der Waals surface area contributed by atoms with Gasteiger partial charge in [-0.15, -0.1) is 0 Å². The molecule has 0 bridgehead atoms. The van der Waals surface area contributed by atoms with Gasteiger partial charge in [0.15, 0.2) is 0 Å². The first-order valence-corrected chi connectivity index (χ1v) is 8.29. The standard InChI is InChI=1S/C20H15FN2O5/c1-2-28-20(27)17(9-12-5-7-22-8-6-12)23-11-15(19(25)26)18(24)14-10-13(21)3-4-16(14)23/h3-11H,2H2,1H3,(H,25,26)/b17-9+. The highest BCUT2D eigenvalue weighted by Crippen LogP contribution is 2.21. The second-order valence-electron chi connectivity index (χ2n) is 5.74. The average Bonchev–Trinajstić information content (AvgIpc) is 2.68. The molecular weight excluding hydrogens is 367 g/mol. The zero-order valence-electron chi connectivity index (χ0n) is 14.8. The van der Waals surface area contributed by atoms with E-state index >= 15 is 0 Å². The number of carboxylic acids is 1. The van der Waals surface area contributed by atoms with Crippen molar-refractivity contribution in [1.82, 2.24) is 9.55 Å². The maximum absolute atomic E-state index is 13.7. The first kappa shape index (κ1) is 19.0. The second-order valence-corrected chi connectivity index (χ2v) is 5.74. The van der Waals surface area contributed by atoms with Crippen LogP contribution in [0.1, 0.15) is 22.8 Å². The van der Waals surface area contributed by atoms with Crippen LogP contribution in [0.15, 0.2) is 53.7 Å². The van der Waals surface area contributed by atoms with E-state index in [2.05, 4.69) is 4.98 Å². The number of ether oxygens (including phenoxy) is 1. The van der Waals surface area contributed by atoms with Gasteiger partial charge in [0.25, 0.3) is 0 Å². The lowest BCUT2D eigenvalue weighted by atomic mass is 10.1. The van der Waals surface area contributed by atoms with Crippen molar-refractivity contribution in [2.24, 2.45) is 0 Å². The number of aromatic nitrogens is 2. The number of carboxylic acid groups (broad SMARTS) is 1. The van der Waals surface area contributed by atoms with Crippen molar-refractivity contribution in [3.63, 3.8) is 0 Å². The van der Waals surface area contributed by atoms with E-state index in [-0.39, 0.29) is 23.2 Å². The Morgan fingerprint density at radius 1 is 1.25 bits per heavy atom. The van der Waals surface area contributed by atoms with Gasteiger partial charge >= 0.3 is 11.9 Å². The summed E-state index contributed by atoms with van der Waals surface area (Å²) in [7, 11) is 0. The normalized spacial score (nSPS) is 11.4. The number of carbonyl (C=O) groups excluding carboxylic acids is 1. The molecule has 0 fully saturated rings. The van der Waals surface area contributed by atoms with Crippen LogP contribution in [0.4, 0.5) is 4.39 Å². The number of halogens is 1. The quantitative estimate of drug-likeness (QED) is 0.538. The van der Waals surface area contributed by atoms with Crippen LogP contribution >= 0.6 is 0 Å². The van der Waals surface area contributed by atoms with E-state index in [0.29, 0.717) is 5.56 Å². The number of benzene rings is 1. The third-order valence-electron chi connectivity index (χ3n) is 3.95. The van der Waals surface area contributed by atoms with Crippen LogP contribution in [-0.4, -0.2) is 33.2 Å². The minimum atomic E-state index is -1.49. The molecule has 28 heavy (non-hydrogen) atoms. The Balaban J connectivity index is 2.38. The average molecular weight is 382 g/mol. The molecule has 1 aromatic carbocycles. The highest BCUT2D eigenvalue weighted by atomic mass is 19.1. The molecule has 2 aromatic heterocycles. The minimum Gasteiger partial charge on any atom is -0.477 e. The molecule has 7 nitrogen and oxygen atoms in total. The third-order valence-corrected chi connectivity index (χ3v) is 3.95. The van der Waals surface area contributed by atoms with E-state index in [1.807, 2.05) is 0 Å². The molecule has 3 aromatic rings. The molecule has 0 radical (unpaired) electrons. The highest BCUT2D eigenvalue weighted by molar-refractivity contribution is 6.17. The van der Waals surface area contributed by atoms with Gasteiger partial charge in [0, 0.05) is 24.0 Å². The molecular formula is C20H15FN2O5. The van der Waals surface area contributed by atoms with Crippen LogP contribution in [0.3, 0.4) is 0 Å². The van der Waals surface area contributed by atoms with Crippen molar-refractivity contribution in [3.05, 3.63) is 76.1 Å². The summed E-state index contributed by atoms with van der Waals surface area (Å²) in [6.45, 7) is 1.72. The van der Waals surface area contributed by atoms with Gasteiger partial charge < -0.3 is 14.4 Å². The summed E-state index contributed by atoms with van der Waals surface area (Å²) in [6.07, 6.45) is 5.56. The molecule has 0 saturated heterocycles. The molecule has 0 aliphatic rings. The molecule has 0 unspecified atom stereocenters. The first-order valence-electron chi connectivity index (χ1n) is 8.29. The van der Waals surface area contributed by atoms with Crippen LogP contribution in [0.25, 0.3) is 22.7 Å².